The molecule has 21 heavy (non-hydrogen) atoms. The lowest BCUT2D eigenvalue weighted by Crippen LogP contribution is -2.05. The Balaban J connectivity index is 2.20. The normalized spacial score (nSPS) is 10.7. The summed E-state index contributed by atoms with van der Waals surface area (Å²) >= 11 is 0. The predicted octanol–water partition coefficient (Wildman–Crippen LogP) is 4.35. The van der Waals surface area contributed by atoms with Crippen molar-refractivity contribution in [3.8, 4) is 11.6 Å². The monoisotopic (exact) mass is 289 g/mol. The number of ether oxygens (including phenoxy) is 1. The molecule has 2 aromatic rings. The summed E-state index contributed by atoms with van der Waals surface area (Å²) in [4.78, 5) is 7.95. The Kier molecular flexibility index (Phi) is 5.09. The first-order chi connectivity index (χ1) is 10.1. The summed E-state index contributed by atoms with van der Waals surface area (Å²) in [6, 6.07) is 7.58. The molecular weight excluding hydrogens is 269 g/mol. The minimum absolute atomic E-state index is 0.0653. The van der Waals surface area contributed by atoms with Crippen LogP contribution in [0.1, 0.15) is 38.7 Å². The van der Waals surface area contributed by atoms with E-state index in [1.807, 2.05) is 25.1 Å². The van der Waals surface area contributed by atoms with E-state index in [4.69, 9.17) is 4.74 Å². The number of benzene rings is 1. The lowest BCUT2D eigenvalue weighted by Gasteiger charge is -2.10. The van der Waals surface area contributed by atoms with Crippen molar-refractivity contribution in [1.82, 2.24) is 9.97 Å². The molecule has 2 rings (SSSR count). The van der Waals surface area contributed by atoms with E-state index < -0.39 is 5.82 Å². The Morgan fingerprint density at radius 2 is 2.14 bits per heavy atom. The number of nitrogens with zero attached hydrogens (tertiary/aromatic N) is 2. The Labute approximate surface area is 124 Å². The van der Waals surface area contributed by atoms with Gasteiger partial charge in [-0.05, 0) is 30.0 Å². The van der Waals surface area contributed by atoms with E-state index in [0.717, 1.165) is 24.7 Å². The second-order valence-electron chi connectivity index (χ2n) is 5.10. The molecule has 0 aliphatic carbocycles. The van der Waals surface area contributed by atoms with Crippen LogP contribution < -0.4 is 10.1 Å². The summed E-state index contributed by atoms with van der Waals surface area (Å²) in [6.07, 6.45) is 2.06. The van der Waals surface area contributed by atoms with Crippen LogP contribution in [0.4, 0.5) is 10.3 Å². The van der Waals surface area contributed by atoms with Crippen molar-refractivity contribution in [1.29, 1.82) is 0 Å². The molecular formula is C16H20FN3O. The summed E-state index contributed by atoms with van der Waals surface area (Å²) < 4.78 is 19.3. The molecule has 5 heteroatoms. The summed E-state index contributed by atoms with van der Waals surface area (Å²) in [7, 11) is 0. The molecule has 0 atom stereocenters. The first kappa shape index (κ1) is 15.2. The number of nitrogens with one attached hydrogen (secondary N) is 1. The Morgan fingerprint density at radius 3 is 2.86 bits per heavy atom. The van der Waals surface area contributed by atoms with Gasteiger partial charge in [-0.2, -0.15) is 9.37 Å². The van der Waals surface area contributed by atoms with Crippen molar-refractivity contribution in [2.75, 3.05) is 11.9 Å². The molecule has 0 radical (unpaired) electrons. The van der Waals surface area contributed by atoms with E-state index in [1.165, 1.54) is 0 Å². The van der Waals surface area contributed by atoms with Crippen LogP contribution >= 0.6 is 0 Å². The third-order valence-electron chi connectivity index (χ3n) is 2.98. The van der Waals surface area contributed by atoms with Crippen molar-refractivity contribution >= 4 is 5.95 Å². The molecule has 4 nitrogen and oxygen atoms in total. The molecule has 1 N–H and O–H groups in total. The minimum atomic E-state index is -0.577. The van der Waals surface area contributed by atoms with E-state index in [-0.39, 0.29) is 5.88 Å². The number of halogens is 1. The second-order valence-corrected chi connectivity index (χ2v) is 5.10. The van der Waals surface area contributed by atoms with Crippen LogP contribution in [0.15, 0.2) is 30.5 Å². The maximum Gasteiger partial charge on any atom is 0.260 e. The van der Waals surface area contributed by atoms with Gasteiger partial charge in [-0.1, -0.05) is 32.9 Å². The van der Waals surface area contributed by atoms with Crippen molar-refractivity contribution in [3.05, 3.63) is 41.8 Å². The van der Waals surface area contributed by atoms with Gasteiger partial charge in [0.15, 0.2) is 0 Å². The third kappa shape index (κ3) is 4.15. The first-order valence-corrected chi connectivity index (χ1v) is 7.14. The standard InChI is InChI=1S/C16H20FN3O/c1-4-8-18-16-19-10-14(17)15(20-16)21-13-7-5-6-12(9-13)11(2)3/h5-7,9-11H,4,8H2,1-3H3,(H,18,19,20). The van der Waals surface area contributed by atoms with E-state index >= 15 is 0 Å². The van der Waals surface area contributed by atoms with Gasteiger partial charge < -0.3 is 10.1 Å². The molecule has 0 spiro atoms. The zero-order valence-corrected chi connectivity index (χ0v) is 12.6. The summed E-state index contributed by atoms with van der Waals surface area (Å²) in [5, 5.41) is 3.01. The molecule has 0 unspecified atom stereocenters. The molecule has 1 aromatic carbocycles. The summed E-state index contributed by atoms with van der Waals surface area (Å²) in [6.45, 7) is 6.95. The fraction of sp³-hybridized carbons (Fsp3) is 0.375. The van der Waals surface area contributed by atoms with Crippen LogP contribution in [0.3, 0.4) is 0 Å². The van der Waals surface area contributed by atoms with Crippen LogP contribution in [0.25, 0.3) is 0 Å². The number of hydrogen-bond acceptors (Lipinski definition) is 4. The van der Waals surface area contributed by atoms with Gasteiger partial charge in [0.25, 0.3) is 5.88 Å². The molecule has 0 bridgehead atoms. The molecule has 1 heterocycles. The molecule has 0 saturated carbocycles. The maximum absolute atomic E-state index is 13.8. The van der Waals surface area contributed by atoms with Crippen LogP contribution in [-0.4, -0.2) is 16.5 Å². The minimum Gasteiger partial charge on any atom is -0.436 e. The number of hydrogen-bond donors (Lipinski definition) is 1. The van der Waals surface area contributed by atoms with Crippen molar-refractivity contribution in [2.24, 2.45) is 0 Å². The maximum atomic E-state index is 13.8. The highest BCUT2D eigenvalue weighted by Crippen LogP contribution is 2.26. The largest absolute Gasteiger partial charge is 0.436 e. The van der Waals surface area contributed by atoms with E-state index in [1.54, 1.807) is 6.07 Å². The Morgan fingerprint density at radius 1 is 1.33 bits per heavy atom. The number of anilines is 1. The van der Waals surface area contributed by atoms with Gasteiger partial charge in [-0.15, -0.1) is 0 Å². The van der Waals surface area contributed by atoms with Gasteiger partial charge in [0.05, 0.1) is 6.20 Å². The molecule has 0 saturated heterocycles. The lowest BCUT2D eigenvalue weighted by molar-refractivity contribution is 0.420. The van der Waals surface area contributed by atoms with Gasteiger partial charge >= 0.3 is 0 Å². The average molecular weight is 289 g/mol. The highest BCUT2D eigenvalue weighted by molar-refractivity contribution is 5.35. The number of rotatable bonds is 6. The van der Waals surface area contributed by atoms with Gasteiger partial charge in [0.1, 0.15) is 5.75 Å². The van der Waals surface area contributed by atoms with E-state index in [0.29, 0.717) is 17.6 Å². The molecule has 112 valence electrons. The second kappa shape index (κ2) is 7.02. The highest BCUT2D eigenvalue weighted by atomic mass is 19.1. The van der Waals surface area contributed by atoms with Gasteiger partial charge in [-0.3, -0.25) is 0 Å². The SMILES string of the molecule is CCCNc1ncc(F)c(Oc2cccc(C(C)C)c2)n1. The fourth-order valence-corrected chi connectivity index (χ4v) is 1.79. The molecule has 0 amide bonds. The van der Waals surface area contributed by atoms with Crippen LogP contribution in [-0.2, 0) is 0 Å². The van der Waals surface area contributed by atoms with E-state index in [9.17, 15) is 4.39 Å². The quantitative estimate of drug-likeness (QED) is 0.858. The summed E-state index contributed by atoms with van der Waals surface area (Å²) in [5.41, 5.74) is 1.13. The summed E-state index contributed by atoms with van der Waals surface area (Å²) in [5.74, 6) is 0.676. The molecule has 0 aliphatic rings. The zero-order valence-electron chi connectivity index (χ0n) is 12.6. The topological polar surface area (TPSA) is 47.0 Å². The van der Waals surface area contributed by atoms with Crippen LogP contribution in [0, 0.1) is 5.82 Å². The van der Waals surface area contributed by atoms with Gasteiger partial charge in [-0.25, -0.2) is 4.98 Å². The third-order valence-corrected chi connectivity index (χ3v) is 2.98. The van der Waals surface area contributed by atoms with Gasteiger partial charge in [0.2, 0.25) is 11.8 Å². The lowest BCUT2D eigenvalue weighted by atomic mass is 10.0. The fourth-order valence-electron chi connectivity index (χ4n) is 1.79. The highest BCUT2D eigenvalue weighted by Gasteiger charge is 2.10. The van der Waals surface area contributed by atoms with Gasteiger partial charge in [0, 0.05) is 6.54 Å². The first-order valence-electron chi connectivity index (χ1n) is 7.14. The smallest absolute Gasteiger partial charge is 0.260 e. The molecule has 1 aromatic heterocycles. The van der Waals surface area contributed by atoms with Crippen molar-refractivity contribution in [3.63, 3.8) is 0 Å². The van der Waals surface area contributed by atoms with Crippen molar-refractivity contribution in [2.45, 2.75) is 33.1 Å². The van der Waals surface area contributed by atoms with Crippen LogP contribution in [0.2, 0.25) is 0 Å². The molecule has 0 fully saturated rings. The van der Waals surface area contributed by atoms with Crippen LogP contribution in [0.5, 0.6) is 11.6 Å². The predicted molar refractivity (Wildman–Crippen MR) is 81.4 cm³/mol. The molecule has 0 aliphatic heterocycles. The Hall–Kier alpha value is -2.17. The zero-order chi connectivity index (χ0) is 15.2. The number of aromatic nitrogens is 2. The average Bonchev–Trinajstić information content (AvgIpc) is 2.48. The van der Waals surface area contributed by atoms with E-state index in [2.05, 4.69) is 29.1 Å². The Bertz CT molecular complexity index is 602. The van der Waals surface area contributed by atoms with Crippen molar-refractivity contribution < 1.29 is 9.13 Å².